The molecule has 4 heteroatoms. The van der Waals surface area contributed by atoms with Gasteiger partial charge < -0.3 is 17.1 Å². The van der Waals surface area contributed by atoms with Gasteiger partial charge in [0.25, 0.3) is 0 Å². The summed E-state index contributed by atoms with van der Waals surface area (Å²) in [5, 5.41) is 8.75. The number of hydrogen-bond donors (Lipinski definition) is 0. The largest absolute Gasteiger partial charge is 2.00 e. The summed E-state index contributed by atoms with van der Waals surface area (Å²) in [6.07, 6.45) is 0. The van der Waals surface area contributed by atoms with E-state index < -0.39 is 0 Å². The van der Waals surface area contributed by atoms with Gasteiger partial charge in [0.05, 0.1) is 12.2 Å². The zero-order valence-electron chi connectivity index (χ0n) is 9.03. The second-order valence-corrected chi connectivity index (χ2v) is 3.31. The molecule has 0 radical (unpaired) electrons. The molecule has 0 spiro atoms. The van der Waals surface area contributed by atoms with E-state index in [1.54, 1.807) is 6.07 Å². The predicted octanol–water partition coefficient (Wildman–Crippen LogP) is -0.405. The van der Waals surface area contributed by atoms with E-state index in [2.05, 4.69) is 19.9 Å². The quantitative estimate of drug-likeness (QED) is 0.703. The van der Waals surface area contributed by atoms with Crippen LogP contribution in [0.25, 0.3) is 0 Å². The van der Waals surface area contributed by atoms with E-state index in [4.69, 9.17) is 10.00 Å². The maximum Gasteiger partial charge on any atom is 2.00 e. The third kappa shape index (κ3) is 5.77. The number of nitrogens with zero attached hydrogens (tertiary/aromatic N) is 1. The van der Waals surface area contributed by atoms with Gasteiger partial charge in [-0.05, 0) is 18.1 Å². The Hall–Kier alpha value is -0.577. The minimum atomic E-state index is 0. The third-order valence-corrected chi connectivity index (χ3v) is 1.58. The SMILES string of the molecule is CC(C)COc1ccccc1C#N.[Cl-].[Zn+2]. The number of nitriles is 1. The van der Waals surface area contributed by atoms with Crippen LogP contribution in [0.2, 0.25) is 0 Å². The molecule has 0 aliphatic rings. The minimum absolute atomic E-state index is 0. The van der Waals surface area contributed by atoms with E-state index >= 15 is 0 Å². The van der Waals surface area contributed by atoms with Crippen molar-refractivity contribution in [2.75, 3.05) is 6.61 Å². The number of para-hydroxylation sites is 1. The molecule has 0 aliphatic carbocycles. The fourth-order valence-corrected chi connectivity index (χ4v) is 0.941. The molecule has 0 saturated heterocycles. The first-order valence-corrected chi connectivity index (χ1v) is 4.36. The second-order valence-electron chi connectivity index (χ2n) is 3.31. The molecule has 1 rings (SSSR count). The maximum atomic E-state index is 8.75. The van der Waals surface area contributed by atoms with Crippen molar-refractivity contribution in [3.63, 3.8) is 0 Å². The number of benzene rings is 1. The van der Waals surface area contributed by atoms with Crippen molar-refractivity contribution in [2.24, 2.45) is 5.92 Å². The monoisotopic (exact) mass is 274 g/mol. The second kappa shape index (κ2) is 8.71. The van der Waals surface area contributed by atoms with E-state index in [0.29, 0.717) is 23.8 Å². The Bertz CT molecular complexity index is 323. The first kappa shape index (κ1) is 16.8. The van der Waals surface area contributed by atoms with Crippen LogP contribution in [0.3, 0.4) is 0 Å². The Morgan fingerprint density at radius 2 is 1.93 bits per heavy atom. The Labute approximate surface area is 110 Å². The molecule has 0 heterocycles. The van der Waals surface area contributed by atoms with E-state index in [0.717, 1.165) is 0 Å². The zero-order valence-corrected chi connectivity index (χ0v) is 12.8. The number of rotatable bonds is 3. The van der Waals surface area contributed by atoms with Gasteiger partial charge in [0.1, 0.15) is 11.8 Å². The summed E-state index contributed by atoms with van der Waals surface area (Å²) < 4.78 is 5.47. The topological polar surface area (TPSA) is 33.0 Å². The molecule has 2 nitrogen and oxygen atoms in total. The number of hydrogen-bond acceptors (Lipinski definition) is 2. The molecule has 0 fully saturated rings. The van der Waals surface area contributed by atoms with Gasteiger partial charge in [-0.2, -0.15) is 5.26 Å². The average molecular weight is 276 g/mol. The number of ether oxygens (including phenoxy) is 1. The Balaban J connectivity index is 0. The maximum absolute atomic E-state index is 8.75. The smallest absolute Gasteiger partial charge is 1.00 e. The van der Waals surface area contributed by atoms with Crippen molar-refractivity contribution in [1.29, 1.82) is 5.26 Å². The first-order valence-electron chi connectivity index (χ1n) is 4.36. The van der Waals surface area contributed by atoms with E-state index in [1.165, 1.54) is 0 Å². The molecule has 0 N–H and O–H groups in total. The van der Waals surface area contributed by atoms with Crippen molar-refractivity contribution in [3.05, 3.63) is 29.8 Å². The van der Waals surface area contributed by atoms with Gasteiger partial charge in [0, 0.05) is 0 Å². The van der Waals surface area contributed by atoms with Crippen molar-refractivity contribution < 1.29 is 36.6 Å². The summed E-state index contributed by atoms with van der Waals surface area (Å²) in [6, 6.07) is 9.38. The standard InChI is InChI=1S/C11H13NO.ClH.Zn/c1-9(2)8-13-11-6-4-3-5-10(11)7-12;;/h3-6,9H,8H2,1-2H3;1H;/q;;+2/p-1. The molecule has 0 saturated carbocycles. The zero-order chi connectivity index (χ0) is 9.68. The molecule has 0 aliphatic heterocycles. The van der Waals surface area contributed by atoms with Gasteiger partial charge in [-0.15, -0.1) is 0 Å². The minimum Gasteiger partial charge on any atom is -1.00 e. The van der Waals surface area contributed by atoms with Crippen LogP contribution in [0.15, 0.2) is 24.3 Å². The molecular formula is C11H13ClNOZn+. The first-order chi connectivity index (χ1) is 6.24. The fourth-order valence-electron chi connectivity index (χ4n) is 0.941. The Kier molecular flexibility index (Phi) is 9.78. The van der Waals surface area contributed by atoms with Crippen LogP contribution >= 0.6 is 0 Å². The average Bonchev–Trinajstić information content (AvgIpc) is 2.15. The van der Waals surface area contributed by atoms with E-state index in [1.807, 2.05) is 18.2 Å². The van der Waals surface area contributed by atoms with Crippen LogP contribution in [0.1, 0.15) is 19.4 Å². The Morgan fingerprint density at radius 3 is 2.47 bits per heavy atom. The third-order valence-electron chi connectivity index (χ3n) is 1.58. The predicted molar refractivity (Wildman–Crippen MR) is 51.5 cm³/mol. The van der Waals surface area contributed by atoms with Crippen LogP contribution in [0.5, 0.6) is 5.75 Å². The summed E-state index contributed by atoms with van der Waals surface area (Å²) in [6.45, 7) is 4.81. The molecule has 1 aromatic rings. The van der Waals surface area contributed by atoms with Crippen LogP contribution in [0.4, 0.5) is 0 Å². The summed E-state index contributed by atoms with van der Waals surface area (Å²) in [7, 11) is 0. The van der Waals surface area contributed by atoms with Gasteiger partial charge in [-0.1, -0.05) is 26.0 Å². The molecular weight excluding hydrogens is 263 g/mol. The van der Waals surface area contributed by atoms with Gasteiger partial charge in [0.15, 0.2) is 0 Å². The van der Waals surface area contributed by atoms with E-state index in [-0.39, 0.29) is 31.9 Å². The Morgan fingerprint density at radius 1 is 1.33 bits per heavy atom. The summed E-state index contributed by atoms with van der Waals surface area (Å²) in [5.74, 6) is 1.16. The van der Waals surface area contributed by atoms with E-state index in [9.17, 15) is 0 Å². The van der Waals surface area contributed by atoms with Crippen LogP contribution in [-0.4, -0.2) is 6.61 Å². The molecule has 0 unspecified atom stereocenters. The van der Waals surface area contributed by atoms with Gasteiger partial charge in [-0.3, -0.25) is 0 Å². The normalized spacial score (nSPS) is 8.40. The molecule has 1 aromatic carbocycles. The number of halogens is 1. The van der Waals surface area contributed by atoms with Crippen molar-refractivity contribution in [1.82, 2.24) is 0 Å². The van der Waals surface area contributed by atoms with Crippen LogP contribution < -0.4 is 17.1 Å². The molecule has 0 bridgehead atoms. The summed E-state index contributed by atoms with van der Waals surface area (Å²) in [5.41, 5.74) is 0.600. The summed E-state index contributed by atoms with van der Waals surface area (Å²) in [4.78, 5) is 0. The molecule has 0 atom stereocenters. The molecule has 15 heavy (non-hydrogen) atoms. The molecule has 76 valence electrons. The van der Waals surface area contributed by atoms with Crippen molar-refractivity contribution in [2.45, 2.75) is 13.8 Å². The fraction of sp³-hybridized carbons (Fsp3) is 0.364. The van der Waals surface area contributed by atoms with Crippen molar-refractivity contribution >= 4 is 0 Å². The molecule has 0 amide bonds. The van der Waals surface area contributed by atoms with Gasteiger partial charge in [0.2, 0.25) is 0 Å². The van der Waals surface area contributed by atoms with Gasteiger partial charge >= 0.3 is 19.5 Å². The van der Waals surface area contributed by atoms with Crippen LogP contribution in [0, 0.1) is 17.2 Å². The van der Waals surface area contributed by atoms with Gasteiger partial charge in [-0.25, -0.2) is 0 Å². The molecule has 0 aromatic heterocycles. The van der Waals surface area contributed by atoms with Crippen molar-refractivity contribution in [3.8, 4) is 11.8 Å². The summed E-state index contributed by atoms with van der Waals surface area (Å²) >= 11 is 0. The van der Waals surface area contributed by atoms with Crippen LogP contribution in [-0.2, 0) is 19.5 Å².